The van der Waals surface area contributed by atoms with Gasteiger partial charge in [0.15, 0.2) is 0 Å². The lowest BCUT2D eigenvalue weighted by Gasteiger charge is -2.31. The number of imidazole rings is 1. The summed E-state index contributed by atoms with van der Waals surface area (Å²) in [5, 5.41) is 9.86. The van der Waals surface area contributed by atoms with Gasteiger partial charge in [-0.2, -0.15) is 0 Å². The number of aliphatic carboxylic acids is 1. The number of aromatic nitrogens is 2. The average Bonchev–Trinajstić information content (AvgIpc) is 3.22. The van der Waals surface area contributed by atoms with Gasteiger partial charge in [-0.15, -0.1) is 0 Å². The Morgan fingerprint density at radius 3 is 2.61 bits per heavy atom. The van der Waals surface area contributed by atoms with Crippen molar-refractivity contribution in [2.75, 3.05) is 13.7 Å². The summed E-state index contributed by atoms with van der Waals surface area (Å²) in [7, 11) is 1.43. The first-order valence-electron chi connectivity index (χ1n) is 12.6. The van der Waals surface area contributed by atoms with Crippen LogP contribution in [0.25, 0.3) is 11.0 Å². The maximum absolute atomic E-state index is 12.2. The molecule has 0 spiro atoms. The molecule has 7 nitrogen and oxygen atoms in total. The predicted molar refractivity (Wildman–Crippen MR) is 125 cm³/mol. The lowest BCUT2D eigenvalue weighted by molar-refractivity contribution is -0.145. The fraction of sp³-hybridized carbons (Fsp3) is 0.654. The van der Waals surface area contributed by atoms with E-state index >= 15 is 0 Å². The standard InChI is InChI=1S/C26H35N3O4/c1-33-26(32)28-14-13-17-11-12-22-23(21(17)16-28)27-24(18-7-3-2-4-8-18)29(22)15-19-9-5-6-10-20(19)25(30)31/h11-12,18-20H,2-10,13-16H2,1H3,(H,30,31)/t19-,20+/m1/s1. The Labute approximate surface area is 195 Å². The van der Waals surface area contributed by atoms with Crippen LogP contribution in [0.1, 0.15) is 80.7 Å². The highest BCUT2D eigenvalue weighted by molar-refractivity contribution is 5.82. The van der Waals surface area contributed by atoms with E-state index < -0.39 is 5.97 Å². The van der Waals surface area contributed by atoms with Gasteiger partial charge in [-0.25, -0.2) is 9.78 Å². The Morgan fingerprint density at radius 1 is 1.09 bits per heavy atom. The number of methoxy groups -OCH3 is 1. The lowest BCUT2D eigenvalue weighted by atomic mass is 9.79. The number of carboxylic acids is 1. The highest BCUT2D eigenvalue weighted by atomic mass is 16.5. The van der Waals surface area contributed by atoms with Gasteiger partial charge in [0.05, 0.1) is 30.6 Å². The van der Waals surface area contributed by atoms with Gasteiger partial charge >= 0.3 is 12.1 Å². The molecule has 0 saturated heterocycles. The van der Waals surface area contributed by atoms with Crippen molar-refractivity contribution in [1.82, 2.24) is 14.5 Å². The van der Waals surface area contributed by atoms with Gasteiger partial charge in [0, 0.05) is 24.6 Å². The molecule has 0 unspecified atom stereocenters. The summed E-state index contributed by atoms with van der Waals surface area (Å²) in [6.45, 7) is 1.89. The first kappa shape index (κ1) is 22.2. The van der Waals surface area contributed by atoms with Crippen molar-refractivity contribution in [3.05, 3.63) is 29.1 Å². The number of nitrogens with zero attached hydrogens (tertiary/aromatic N) is 3. The molecule has 2 heterocycles. The predicted octanol–water partition coefficient (Wildman–Crippen LogP) is 5.10. The number of carbonyl (C=O) groups is 2. The van der Waals surface area contributed by atoms with Gasteiger partial charge in [-0.1, -0.05) is 38.2 Å². The second kappa shape index (κ2) is 9.35. The molecule has 7 heteroatoms. The van der Waals surface area contributed by atoms with Crippen LogP contribution >= 0.6 is 0 Å². The Morgan fingerprint density at radius 2 is 1.85 bits per heavy atom. The maximum atomic E-state index is 12.2. The molecule has 1 amide bonds. The first-order chi connectivity index (χ1) is 16.1. The average molecular weight is 454 g/mol. The van der Waals surface area contributed by atoms with E-state index in [1.54, 1.807) is 4.90 Å². The quantitative estimate of drug-likeness (QED) is 0.696. The molecule has 33 heavy (non-hydrogen) atoms. The van der Waals surface area contributed by atoms with Crippen LogP contribution < -0.4 is 0 Å². The fourth-order valence-corrected chi connectivity index (χ4v) is 6.38. The smallest absolute Gasteiger partial charge is 0.409 e. The number of ether oxygens (including phenoxy) is 1. The van der Waals surface area contributed by atoms with Crippen molar-refractivity contribution in [2.24, 2.45) is 11.8 Å². The van der Waals surface area contributed by atoms with Crippen LogP contribution in [0.2, 0.25) is 0 Å². The Balaban J connectivity index is 1.57. The largest absolute Gasteiger partial charge is 0.481 e. The number of hydrogen-bond donors (Lipinski definition) is 1. The van der Waals surface area contributed by atoms with E-state index in [1.165, 1.54) is 31.9 Å². The molecule has 0 bridgehead atoms. The molecule has 2 atom stereocenters. The molecule has 2 saturated carbocycles. The zero-order chi connectivity index (χ0) is 22.9. The molecule has 0 radical (unpaired) electrons. The topological polar surface area (TPSA) is 84.7 Å². The van der Waals surface area contributed by atoms with Gasteiger partial charge in [-0.05, 0) is 49.7 Å². The van der Waals surface area contributed by atoms with Crippen molar-refractivity contribution in [3.63, 3.8) is 0 Å². The molecule has 2 aromatic rings. The Hall–Kier alpha value is -2.57. The van der Waals surface area contributed by atoms with Gasteiger partial charge in [0.25, 0.3) is 0 Å². The van der Waals surface area contributed by atoms with E-state index in [0.717, 1.165) is 73.9 Å². The summed E-state index contributed by atoms with van der Waals surface area (Å²) in [5.41, 5.74) is 4.46. The maximum Gasteiger partial charge on any atom is 0.409 e. The zero-order valence-corrected chi connectivity index (χ0v) is 19.6. The van der Waals surface area contributed by atoms with Crippen LogP contribution in [0.3, 0.4) is 0 Å². The number of fused-ring (bicyclic) bond motifs is 3. The number of amides is 1. The van der Waals surface area contributed by atoms with Crippen LogP contribution in [0, 0.1) is 11.8 Å². The van der Waals surface area contributed by atoms with E-state index in [2.05, 4.69) is 16.7 Å². The summed E-state index contributed by atoms with van der Waals surface area (Å²) in [6.07, 6.45) is 10.4. The summed E-state index contributed by atoms with van der Waals surface area (Å²) in [5.74, 6) is 0.757. The fourth-order valence-electron chi connectivity index (χ4n) is 6.38. The van der Waals surface area contributed by atoms with Crippen LogP contribution in [0.5, 0.6) is 0 Å². The lowest BCUT2D eigenvalue weighted by Crippen LogP contribution is -2.35. The van der Waals surface area contributed by atoms with Crippen LogP contribution in [-0.4, -0.2) is 45.3 Å². The zero-order valence-electron chi connectivity index (χ0n) is 19.6. The number of rotatable bonds is 4. The van der Waals surface area contributed by atoms with E-state index in [0.29, 0.717) is 19.0 Å². The monoisotopic (exact) mass is 453 g/mol. The van der Waals surface area contributed by atoms with Crippen molar-refractivity contribution >= 4 is 23.1 Å². The number of hydrogen-bond acceptors (Lipinski definition) is 4. The minimum Gasteiger partial charge on any atom is -0.481 e. The molecule has 1 aromatic heterocycles. The molecule has 2 fully saturated rings. The summed E-state index contributed by atoms with van der Waals surface area (Å²) < 4.78 is 7.34. The SMILES string of the molecule is COC(=O)N1CCc2ccc3c(nc(C4CCCCC4)n3C[C@H]3CCCC[C@@H]3C(=O)O)c2C1. The normalized spacial score (nSPS) is 24.0. The third kappa shape index (κ3) is 4.22. The first-order valence-corrected chi connectivity index (χ1v) is 12.6. The van der Waals surface area contributed by atoms with Gasteiger partial charge in [0.1, 0.15) is 5.82 Å². The molecule has 1 aliphatic heterocycles. The van der Waals surface area contributed by atoms with Crippen molar-refractivity contribution in [3.8, 4) is 0 Å². The van der Waals surface area contributed by atoms with Crippen LogP contribution in [0.15, 0.2) is 12.1 Å². The number of carbonyl (C=O) groups excluding carboxylic acids is 1. The molecule has 178 valence electrons. The van der Waals surface area contributed by atoms with Crippen LogP contribution in [-0.2, 0) is 29.0 Å². The minimum absolute atomic E-state index is 0.138. The highest BCUT2D eigenvalue weighted by Gasteiger charge is 2.34. The molecule has 5 rings (SSSR count). The number of carboxylic acid groups (broad SMARTS) is 1. The third-order valence-corrected chi connectivity index (χ3v) is 8.20. The number of benzene rings is 1. The Bertz CT molecular complexity index is 1040. The van der Waals surface area contributed by atoms with E-state index in [1.807, 2.05) is 0 Å². The molecule has 3 aliphatic rings. The van der Waals surface area contributed by atoms with Gasteiger partial charge < -0.3 is 19.3 Å². The van der Waals surface area contributed by atoms with Crippen LogP contribution in [0.4, 0.5) is 4.79 Å². The minimum atomic E-state index is -0.658. The summed E-state index contributed by atoms with van der Waals surface area (Å²) in [6, 6.07) is 4.37. The van der Waals surface area contributed by atoms with E-state index in [9.17, 15) is 14.7 Å². The molecule has 1 N–H and O–H groups in total. The molecular formula is C26H35N3O4. The summed E-state index contributed by atoms with van der Waals surface area (Å²) >= 11 is 0. The van der Waals surface area contributed by atoms with Crippen molar-refractivity contribution in [2.45, 2.75) is 83.2 Å². The van der Waals surface area contributed by atoms with E-state index in [-0.39, 0.29) is 17.9 Å². The molecule has 2 aliphatic carbocycles. The second-order valence-electron chi connectivity index (χ2n) is 10.1. The summed E-state index contributed by atoms with van der Waals surface area (Å²) in [4.78, 5) is 31.2. The molecule has 1 aromatic carbocycles. The van der Waals surface area contributed by atoms with Crippen molar-refractivity contribution in [1.29, 1.82) is 0 Å². The van der Waals surface area contributed by atoms with Gasteiger partial charge in [0.2, 0.25) is 0 Å². The van der Waals surface area contributed by atoms with Gasteiger partial charge in [-0.3, -0.25) is 4.79 Å². The highest BCUT2D eigenvalue weighted by Crippen LogP contribution is 2.39. The third-order valence-electron chi connectivity index (χ3n) is 8.20. The Kier molecular flexibility index (Phi) is 6.30. The molecular weight excluding hydrogens is 418 g/mol. The van der Waals surface area contributed by atoms with E-state index in [4.69, 9.17) is 9.72 Å². The van der Waals surface area contributed by atoms with Crippen molar-refractivity contribution < 1.29 is 19.4 Å². The second-order valence-corrected chi connectivity index (χ2v) is 10.1.